The van der Waals surface area contributed by atoms with Crippen molar-refractivity contribution in [2.24, 2.45) is 0 Å². The Bertz CT molecular complexity index is 2610. The zero-order chi connectivity index (χ0) is 40.7. The van der Waals surface area contributed by atoms with Gasteiger partial charge in [0.05, 0.1) is 22.4 Å². The van der Waals surface area contributed by atoms with Crippen molar-refractivity contribution >= 4 is 44.7 Å². The molecule has 6 nitrogen and oxygen atoms in total. The SMILES string of the molecule is CC(C)(C)c1ccnc(-n2c3ccccc3c3ccc(Oc4cccc(N5CN(c6c(C(C)(C)C)cc(C(C)(C)C)cc6C(C)(C)C)c6cccnc65)c4)cc32)c1. The summed E-state index contributed by atoms with van der Waals surface area (Å²) in [6.45, 7) is 28.3. The van der Waals surface area contributed by atoms with E-state index in [-0.39, 0.29) is 21.7 Å². The first-order valence-electron chi connectivity index (χ1n) is 20.3. The minimum atomic E-state index is -0.0849. The van der Waals surface area contributed by atoms with Gasteiger partial charge in [0.1, 0.15) is 24.0 Å². The summed E-state index contributed by atoms with van der Waals surface area (Å²) in [6.07, 6.45) is 3.82. The Morgan fingerprint density at radius 3 is 1.86 bits per heavy atom. The zero-order valence-electron chi connectivity index (χ0n) is 35.8. The number of ether oxygens (including phenoxy) is 1. The van der Waals surface area contributed by atoms with Crippen molar-refractivity contribution in [3.05, 3.63) is 138 Å². The number of nitrogens with zero attached hydrogens (tertiary/aromatic N) is 5. The molecule has 0 spiro atoms. The van der Waals surface area contributed by atoms with Crippen LogP contribution >= 0.6 is 0 Å². The van der Waals surface area contributed by atoms with E-state index in [9.17, 15) is 0 Å². The lowest BCUT2D eigenvalue weighted by atomic mass is 9.74. The molecule has 0 bridgehead atoms. The second kappa shape index (κ2) is 13.5. The summed E-state index contributed by atoms with van der Waals surface area (Å²) in [5.74, 6) is 3.36. The highest BCUT2D eigenvalue weighted by Gasteiger charge is 2.37. The quantitative estimate of drug-likeness (QED) is 0.175. The number of aromatic nitrogens is 3. The molecule has 1 aliphatic rings. The van der Waals surface area contributed by atoms with Gasteiger partial charge >= 0.3 is 0 Å². The van der Waals surface area contributed by atoms with Gasteiger partial charge in [0.25, 0.3) is 0 Å². The van der Waals surface area contributed by atoms with Crippen molar-refractivity contribution in [2.45, 2.75) is 105 Å². The van der Waals surface area contributed by atoms with Crippen molar-refractivity contribution < 1.29 is 4.74 Å². The van der Waals surface area contributed by atoms with Gasteiger partial charge in [-0.05, 0) is 98.5 Å². The summed E-state index contributed by atoms with van der Waals surface area (Å²) in [6, 6.07) is 36.8. The Kier molecular flexibility index (Phi) is 9.06. The summed E-state index contributed by atoms with van der Waals surface area (Å²) in [5.41, 5.74) is 10.7. The van der Waals surface area contributed by atoms with Crippen LogP contribution in [-0.4, -0.2) is 21.2 Å². The largest absolute Gasteiger partial charge is 0.457 e. The van der Waals surface area contributed by atoms with E-state index < -0.39 is 0 Å². The molecule has 0 saturated heterocycles. The van der Waals surface area contributed by atoms with Crippen molar-refractivity contribution in [3.63, 3.8) is 0 Å². The smallest absolute Gasteiger partial charge is 0.158 e. The second-order valence-corrected chi connectivity index (χ2v) is 19.8. The predicted molar refractivity (Wildman–Crippen MR) is 240 cm³/mol. The Balaban J connectivity index is 1.19. The van der Waals surface area contributed by atoms with E-state index in [0.717, 1.165) is 50.9 Å². The molecule has 3 aromatic heterocycles. The standard InChI is InChI=1S/C51H57N5O/c1-48(2,3)33-24-26-52-45(29-33)56-42-20-14-13-19-38(42)39-23-22-37(31-44(39)56)57-36-18-15-17-35(30-36)54-32-55(43-21-16-25-53-47(43)54)46-40(50(7,8)9)27-34(49(4,5)6)28-41(46)51(10,11)12/h13-31H,32H2,1-12H3. The number of anilines is 4. The first-order valence-corrected chi connectivity index (χ1v) is 20.3. The first kappa shape index (κ1) is 38.3. The van der Waals surface area contributed by atoms with Gasteiger partial charge in [0, 0.05) is 41.0 Å². The van der Waals surface area contributed by atoms with Gasteiger partial charge in [-0.15, -0.1) is 0 Å². The molecule has 0 radical (unpaired) electrons. The first-order chi connectivity index (χ1) is 26.8. The van der Waals surface area contributed by atoms with Crippen LogP contribution in [0.1, 0.15) is 105 Å². The van der Waals surface area contributed by atoms with Crippen molar-refractivity contribution in [1.29, 1.82) is 0 Å². The fourth-order valence-corrected chi connectivity index (χ4v) is 8.11. The van der Waals surface area contributed by atoms with Gasteiger partial charge in [-0.25, -0.2) is 9.97 Å². The molecule has 0 unspecified atom stereocenters. The van der Waals surface area contributed by atoms with Crippen LogP contribution in [0.2, 0.25) is 0 Å². The molecule has 1 aliphatic heterocycles. The third-order valence-corrected chi connectivity index (χ3v) is 11.3. The number of fused-ring (bicyclic) bond motifs is 4. The number of benzene rings is 4. The van der Waals surface area contributed by atoms with E-state index in [4.69, 9.17) is 14.7 Å². The lowest BCUT2D eigenvalue weighted by molar-refractivity contribution is 0.483. The summed E-state index contributed by atoms with van der Waals surface area (Å²) in [7, 11) is 0. The summed E-state index contributed by atoms with van der Waals surface area (Å²) < 4.78 is 8.99. The maximum atomic E-state index is 6.73. The molecule has 4 heterocycles. The fourth-order valence-electron chi connectivity index (χ4n) is 8.11. The van der Waals surface area contributed by atoms with E-state index in [2.05, 4.69) is 195 Å². The molecule has 7 aromatic rings. The maximum absolute atomic E-state index is 6.73. The summed E-state index contributed by atoms with van der Waals surface area (Å²) in [4.78, 5) is 14.7. The summed E-state index contributed by atoms with van der Waals surface area (Å²) >= 11 is 0. The molecule has 8 rings (SSSR count). The highest BCUT2D eigenvalue weighted by atomic mass is 16.5. The van der Waals surface area contributed by atoms with Crippen LogP contribution in [0.3, 0.4) is 0 Å². The van der Waals surface area contributed by atoms with Crippen LogP contribution in [0.5, 0.6) is 11.5 Å². The van der Waals surface area contributed by atoms with Crippen LogP contribution < -0.4 is 14.5 Å². The number of pyridine rings is 2. The van der Waals surface area contributed by atoms with Crippen molar-refractivity contribution in [2.75, 3.05) is 16.5 Å². The zero-order valence-corrected chi connectivity index (χ0v) is 35.8. The molecule has 0 N–H and O–H groups in total. The lowest BCUT2D eigenvalue weighted by Crippen LogP contribution is -2.31. The van der Waals surface area contributed by atoms with Crippen LogP contribution in [0.15, 0.2) is 116 Å². The van der Waals surface area contributed by atoms with Gasteiger partial charge in [0.15, 0.2) is 5.82 Å². The van der Waals surface area contributed by atoms with E-state index >= 15 is 0 Å². The molecule has 57 heavy (non-hydrogen) atoms. The highest BCUT2D eigenvalue weighted by Crippen LogP contribution is 2.50. The van der Waals surface area contributed by atoms with Gasteiger partial charge in [-0.2, -0.15) is 0 Å². The Morgan fingerprint density at radius 1 is 0.509 bits per heavy atom. The number of para-hydroxylation sites is 1. The Labute approximate surface area is 339 Å². The molecule has 0 atom stereocenters. The van der Waals surface area contributed by atoms with Gasteiger partial charge in [-0.3, -0.25) is 4.57 Å². The minimum Gasteiger partial charge on any atom is -0.457 e. The molecule has 0 saturated carbocycles. The molecular formula is C51H57N5O. The van der Waals surface area contributed by atoms with Crippen LogP contribution in [0.25, 0.3) is 27.6 Å². The van der Waals surface area contributed by atoms with Crippen molar-refractivity contribution in [3.8, 4) is 17.3 Å². The minimum absolute atomic E-state index is 0.00120. The third kappa shape index (κ3) is 7.04. The third-order valence-electron chi connectivity index (χ3n) is 11.3. The average molecular weight is 756 g/mol. The fraction of sp³-hybridized carbons (Fsp3) is 0.333. The number of hydrogen-bond acceptors (Lipinski definition) is 5. The highest BCUT2D eigenvalue weighted by molar-refractivity contribution is 6.09. The van der Waals surface area contributed by atoms with Gasteiger partial charge in [0.2, 0.25) is 0 Å². The van der Waals surface area contributed by atoms with Crippen molar-refractivity contribution in [1.82, 2.24) is 14.5 Å². The topological polar surface area (TPSA) is 46.4 Å². The van der Waals surface area contributed by atoms with E-state index in [1.807, 2.05) is 18.5 Å². The molecular weight excluding hydrogens is 699 g/mol. The van der Waals surface area contributed by atoms with Gasteiger partial charge in [-0.1, -0.05) is 119 Å². The molecule has 0 fully saturated rings. The lowest BCUT2D eigenvalue weighted by Gasteiger charge is -2.37. The normalized spacial score (nSPS) is 13.8. The monoisotopic (exact) mass is 755 g/mol. The predicted octanol–water partition coefficient (Wildman–Crippen LogP) is 13.8. The maximum Gasteiger partial charge on any atom is 0.158 e. The number of rotatable bonds is 5. The molecule has 4 aromatic carbocycles. The number of hydrogen-bond donors (Lipinski definition) is 0. The Hall–Kier alpha value is -5.62. The molecule has 0 amide bonds. The average Bonchev–Trinajstić information content (AvgIpc) is 3.69. The molecule has 6 heteroatoms. The van der Waals surface area contributed by atoms with E-state index in [1.54, 1.807) is 0 Å². The van der Waals surface area contributed by atoms with Crippen LogP contribution in [0, 0.1) is 0 Å². The Morgan fingerprint density at radius 2 is 1.18 bits per heavy atom. The van der Waals surface area contributed by atoms with Crippen LogP contribution in [0.4, 0.5) is 22.9 Å². The summed E-state index contributed by atoms with van der Waals surface area (Å²) in [5, 5.41) is 2.35. The second-order valence-electron chi connectivity index (χ2n) is 19.8. The molecule has 0 aliphatic carbocycles. The van der Waals surface area contributed by atoms with E-state index in [0.29, 0.717) is 6.67 Å². The van der Waals surface area contributed by atoms with Gasteiger partial charge < -0.3 is 14.5 Å². The molecule has 292 valence electrons. The van der Waals surface area contributed by atoms with E-state index in [1.165, 1.54) is 33.3 Å². The van der Waals surface area contributed by atoms with Crippen LogP contribution in [-0.2, 0) is 21.7 Å².